The van der Waals surface area contributed by atoms with Crippen LogP contribution in [0.2, 0.25) is 0 Å². The molecule has 2 rings (SSSR count). The Kier molecular flexibility index (Phi) is 4.55. The lowest BCUT2D eigenvalue weighted by atomic mass is 10.1. The van der Waals surface area contributed by atoms with Crippen LogP contribution in [0.4, 0.5) is 9.59 Å². The number of amides is 5. The molecular weight excluding hydrogens is 324 g/mol. The zero-order valence-corrected chi connectivity index (χ0v) is 13.0. The monoisotopic (exact) mass is 339 g/mol. The lowest BCUT2D eigenvalue weighted by Crippen LogP contribution is -2.46. The highest BCUT2D eigenvalue weighted by Gasteiger charge is 2.39. The third-order valence-electron chi connectivity index (χ3n) is 3.28. The van der Waals surface area contributed by atoms with Gasteiger partial charge in [-0.25, -0.2) is 27.2 Å². The van der Waals surface area contributed by atoms with E-state index in [0.29, 0.717) is 14.8 Å². The van der Waals surface area contributed by atoms with Crippen LogP contribution in [-0.2, 0) is 14.8 Å². The Morgan fingerprint density at radius 2 is 1.83 bits per heavy atom. The van der Waals surface area contributed by atoms with Crippen LogP contribution in [0.3, 0.4) is 0 Å². The van der Waals surface area contributed by atoms with Gasteiger partial charge in [0.2, 0.25) is 10.0 Å². The van der Waals surface area contributed by atoms with Crippen molar-refractivity contribution in [3.8, 4) is 0 Å². The predicted octanol–water partition coefficient (Wildman–Crippen LogP) is -0.0560. The molecule has 10 heteroatoms. The number of hydrogen-bond acceptors (Lipinski definition) is 5. The van der Waals surface area contributed by atoms with E-state index in [-0.39, 0.29) is 13.1 Å². The lowest BCUT2D eigenvalue weighted by Gasteiger charge is -2.20. The van der Waals surface area contributed by atoms with Gasteiger partial charge in [-0.15, -0.1) is 0 Å². The number of hydrogen-bond donors (Lipinski definition) is 1. The van der Waals surface area contributed by atoms with Crippen LogP contribution in [-0.4, -0.2) is 54.9 Å². The second-order valence-corrected chi connectivity index (χ2v) is 6.83. The van der Waals surface area contributed by atoms with E-state index < -0.39 is 34.0 Å². The second-order valence-electron chi connectivity index (χ2n) is 4.93. The summed E-state index contributed by atoms with van der Waals surface area (Å²) in [6, 6.07) is 4.99. The molecule has 0 spiro atoms. The standard InChI is InChI=1S/C13H15N4O5S/c1-23(21,22)17-8-7-16(13(17)20)12(19)15-10(11(14)18)9-5-3-2-4-6-9/h2-6,10,14H,7-8H2,1H3,(H,15,19). The fraction of sp³-hybridized carbons (Fsp3) is 0.308. The molecule has 0 aromatic heterocycles. The van der Waals surface area contributed by atoms with E-state index in [9.17, 15) is 22.8 Å². The van der Waals surface area contributed by atoms with Gasteiger partial charge in [0.05, 0.1) is 19.3 Å². The van der Waals surface area contributed by atoms with Crippen LogP contribution in [0.1, 0.15) is 11.6 Å². The summed E-state index contributed by atoms with van der Waals surface area (Å²) in [5, 5.41) is 2.28. The van der Waals surface area contributed by atoms with Gasteiger partial charge in [0.1, 0.15) is 6.04 Å². The summed E-state index contributed by atoms with van der Waals surface area (Å²) < 4.78 is 23.4. The smallest absolute Gasteiger partial charge is 0.322 e. The van der Waals surface area contributed by atoms with Crippen LogP contribution in [0, 0.1) is 0 Å². The van der Waals surface area contributed by atoms with E-state index in [1.807, 2.05) is 0 Å². The molecule has 1 unspecified atom stereocenters. The largest absolute Gasteiger partial charge is 0.341 e. The average Bonchev–Trinajstić information content (AvgIpc) is 2.87. The van der Waals surface area contributed by atoms with E-state index in [0.717, 1.165) is 6.26 Å². The summed E-state index contributed by atoms with van der Waals surface area (Å²) in [5.74, 6) is -1.05. The van der Waals surface area contributed by atoms with Gasteiger partial charge in [-0.3, -0.25) is 10.5 Å². The quantitative estimate of drug-likeness (QED) is 0.822. The summed E-state index contributed by atoms with van der Waals surface area (Å²) in [6.45, 7) is -0.263. The van der Waals surface area contributed by atoms with Crippen LogP contribution in [0.25, 0.3) is 0 Å². The Labute approximate surface area is 133 Å². The maximum Gasteiger partial charge on any atom is 0.341 e. The molecule has 5 amide bonds. The van der Waals surface area contributed by atoms with Crippen LogP contribution in [0.5, 0.6) is 0 Å². The zero-order valence-electron chi connectivity index (χ0n) is 12.2. The SMILES string of the molecule is CS(=O)(=O)N1CCN(C(=O)NC(C([NH])=O)c2ccccc2)C1=O. The highest BCUT2D eigenvalue weighted by molar-refractivity contribution is 7.88. The normalized spacial score (nSPS) is 16.3. The first-order valence-electron chi connectivity index (χ1n) is 6.62. The molecule has 1 saturated heterocycles. The van der Waals surface area contributed by atoms with Gasteiger partial charge in [0, 0.05) is 0 Å². The summed E-state index contributed by atoms with van der Waals surface area (Å²) in [4.78, 5) is 36.3. The molecule has 23 heavy (non-hydrogen) atoms. The maximum absolute atomic E-state index is 12.2. The fourth-order valence-electron chi connectivity index (χ4n) is 2.16. The number of sulfonamides is 1. The Hall–Kier alpha value is -2.62. The molecule has 1 aliphatic rings. The minimum Gasteiger partial charge on any atom is -0.322 e. The highest BCUT2D eigenvalue weighted by Crippen LogP contribution is 2.16. The van der Waals surface area contributed by atoms with E-state index >= 15 is 0 Å². The van der Waals surface area contributed by atoms with Crippen molar-refractivity contribution in [2.45, 2.75) is 6.04 Å². The van der Waals surface area contributed by atoms with Crippen molar-refractivity contribution in [3.63, 3.8) is 0 Å². The van der Waals surface area contributed by atoms with Crippen molar-refractivity contribution in [1.82, 2.24) is 20.3 Å². The predicted molar refractivity (Wildman–Crippen MR) is 79.5 cm³/mol. The van der Waals surface area contributed by atoms with Gasteiger partial charge < -0.3 is 5.32 Å². The van der Waals surface area contributed by atoms with Gasteiger partial charge in [-0.05, 0) is 5.56 Å². The van der Waals surface area contributed by atoms with Gasteiger partial charge in [0.25, 0.3) is 5.91 Å². The number of rotatable bonds is 4. The molecule has 1 aliphatic heterocycles. The van der Waals surface area contributed by atoms with Crippen molar-refractivity contribution >= 4 is 28.0 Å². The van der Waals surface area contributed by atoms with Crippen LogP contribution < -0.4 is 11.1 Å². The molecule has 123 valence electrons. The Morgan fingerprint density at radius 1 is 1.22 bits per heavy atom. The number of urea groups is 2. The molecule has 1 radical (unpaired) electrons. The maximum atomic E-state index is 12.2. The number of nitrogens with one attached hydrogen (secondary N) is 2. The first kappa shape index (κ1) is 16.7. The van der Waals surface area contributed by atoms with Crippen molar-refractivity contribution in [1.29, 1.82) is 0 Å². The summed E-state index contributed by atoms with van der Waals surface area (Å²) in [7, 11) is -3.76. The van der Waals surface area contributed by atoms with Crippen LogP contribution in [0.15, 0.2) is 30.3 Å². The Morgan fingerprint density at radius 3 is 2.30 bits per heavy atom. The van der Waals surface area contributed by atoms with Crippen molar-refractivity contribution < 1.29 is 22.8 Å². The minimum atomic E-state index is -3.76. The molecule has 1 aromatic carbocycles. The zero-order chi connectivity index (χ0) is 17.2. The third-order valence-corrected chi connectivity index (χ3v) is 4.42. The van der Waals surface area contributed by atoms with Crippen molar-refractivity contribution in [2.75, 3.05) is 19.3 Å². The van der Waals surface area contributed by atoms with E-state index in [4.69, 9.17) is 5.73 Å². The molecule has 2 N–H and O–H groups in total. The molecule has 1 atom stereocenters. The first-order valence-corrected chi connectivity index (χ1v) is 8.46. The van der Waals surface area contributed by atoms with Gasteiger partial charge in [0.15, 0.2) is 0 Å². The number of carbonyl (C=O) groups is 3. The Bertz CT molecular complexity index is 734. The fourth-order valence-corrected chi connectivity index (χ4v) is 2.96. The molecular formula is C13H15N4O5S. The Balaban J connectivity index is 2.15. The summed E-state index contributed by atoms with van der Waals surface area (Å²) >= 11 is 0. The number of benzene rings is 1. The second kappa shape index (κ2) is 6.24. The molecule has 1 aromatic rings. The van der Waals surface area contributed by atoms with Gasteiger partial charge in [-0.1, -0.05) is 30.3 Å². The summed E-state index contributed by atoms with van der Waals surface area (Å²) in [6.07, 6.45) is 0.867. The number of carbonyl (C=O) groups excluding carboxylic acids is 3. The van der Waals surface area contributed by atoms with Gasteiger partial charge in [-0.2, -0.15) is 0 Å². The van der Waals surface area contributed by atoms with E-state index in [1.54, 1.807) is 30.3 Å². The molecule has 1 fully saturated rings. The van der Waals surface area contributed by atoms with E-state index in [2.05, 4.69) is 5.32 Å². The highest BCUT2D eigenvalue weighted by atomic mass is 32.2. The van der Waals surface area contributed by atoms with Gasteiger partial charge >= 0.3 is 12.1 Å². The van der Waals surface area contributed by atoms with Crippen molar-refractivity contribution in [2.24, 2.45) is 0 Å². The third kappa shape index (κ3) is 3.59. The first-order chi connectivity index (χ1) is 10.7. The summed E-state index contributed by atoms with van der Waals surface area (Å²) in [5.41, 5.74) is 7.66. The molecule has 0 aliphatic carbocycles. The topological polar surface area (TPSA) is 128 Å². The number of imide groups is 1. The van der Waals surface area contributed by atoms with Crippen LogP contribution >= 0.6 is 0 Å². The minimum absolute atomic E-state index is 0.120. The van der Waals surface area contributed by atoms with E-state index in [1.165, 1.54) is 0 Å². The molecule has 1 heterocycles. The molecule has 0 bridgehead atoms. The molecule has 0 saturated carbocycles. The number of nitrogens with zero attached hydrogens (tertiary/aromatic N) is 2. The lowest BCUT2D eigenvalue weighted by molar-refractivity contribution is -0.120. The average molecular weight is 339 g/mol. The molecule has 9 nitrogen and oxygen atoms in total. The van der Waals surface area contributed by atoms with Crippen molar-refractivity contribution in [3.05, 3.63) is 35.9 Å².